The van der Waals surface area contributed by atoms with E-state index < -0.39 is 12.0 Å². The molecule has 0 heterocycles. The molecule has 0 saturated heterocycles. The summed E-state index contributed by atoms with van der Waals surface area (Å²) in [5.41, 5.74) is 0. The number of carbonyl (C=O) groups is 1. The maximum Gasteiger partial charge on any atom is 0.378 e. The molecule has 6 heteroatoms. The quantitative estimate of drug-likeness (QED) is 0.324. The molecule has 0 rings (SSSR count). The first-order chi connectivity index (χ1) is 4.95. The Morgan fingerprint density at radius 1 is 1.55 bits per heavy atom. The lowest BCUT2D eigenvalue weighted by atomic mass is 10.5. The number of esters is 1. The molecule has 0 atom stereocenters. The first-order valence-corrected chi connectivity index (χ1v) is 8.06. The molecular formula is C5H7Cl3O2Si. The summed E-state index contributed by atoms with van der Waals surface area (Å²) in [6.45, 7) is 1.70. The van der Waals surface area contributed by atoms with Crippen molar-refractivity contribution in [3.63, 3.8) is 0 Å². The van der Waals surface area contributed by atoms with Crippen molar-refractivity contribution >= 4 is 45.2 Å². The van der Waals surface area contributed by atoms with Crippen LogP contribution in [0.1, 0.15) is 6.92 Å². The molecule has 0 aliphatic heterocycles. The highest BCUT2D eigenvalue weighted by molar-refractivity contribution is 7.64. The van der Waals surface area contributed by atoms with Gasteiger partial charge in [-0.1, -0.05) is 6.08 Å². The van der Waals surface area contributed by atoms with E-state index in [-0.39, 0.29) is 6.23 Å². The number of ether oxygens (including phenoxy) is 1. The molecule has 0 aliphatic carbocycles. The van der Waals surface area contributed by atoms with Crippen molar-refractivity contribution in [2.45, 2.75) is 6.92 Å². The SMILES string of the molecule is CC=CC(=O)OC[Si](Cl)(Cl)Cl. The molecule has 0 bridgehead atoms. The molecule has 0 N–H and O–H groups in total. The van der Waals surface area contributed by atoms with Crippen LogP contribution in [-0.2, 0) is 9.53 Å². The van der Waals surface area contributed by atoms with Gasteiger partial charge < -0.3 is 4.74 Å². The van der Waals surface area contributed by atoms with Crippen molar-refractivity contribution in [1.29, 1.82) is 0 Å². The largest absolute Gasteiger partial charge is 0.462 e. The molecule has 11 heavy (non-hydrogen) atoms. The summed E-state index contributed by atoms with van der Waals surface area (Å²) in [7, 11) is 0. The van der Waals surface area contributed by atoms with Crippen molar-refractivity contribution in [3.05, 3.63) is 12.2 Å². The van der Waals surface area contributed by atoms with Gasteiger partial charge in [0, 0.05) is 6.08 Å². The van der Waals surface area contributed by atoms with Crippen LogP contribution < -0.4 is 0 Å². The molecule has 64 valence electrons. The van der Waals surface area contributed by atoms with Gasteiger partial charge in [0.2, 0.25) is 0 Å². The third-order valence-corrected chi connectivity index (χ3v) is 2.13. The minimum Gasteiger partial charge on any atom is -0.462 e. The van der Waals surface area contributed by atoms with E-state index >= 15 is 0 Å². The molecule has 0 unspecified atom stereocenters. The van der Waals surface area contributed by atoms with E-state index in [1.807, 2.05) is 0 Å². The maximum absolute atomic E-state index is 10.6. The van der Waals surface area contributed by atoms with E-state index in [4.69, 9.17) is 33.2 Å². The van der Waals surface area contributed by atoms with Gasteiger partial charge in [-0.15, -0.1) is 33.2 Å². The molecule has 0 aromatic rings. The van der Waals surface area contributed by atoms with Crippen LogP contribution in [0.3, 0.4) is 0 Å². The number of allylic oxidation sites excluding steroid dienone is 1. The Morgan fingerprint density at radius 3 is 2.45 bits per heavy atom. The van der Waals surface area contributed by atoms with Gasteiger partial charge in [0.1, 0.15) is 6.23 Å². The predicted octanol–water partition coefficient (Wildman–Crippen LogP) is 2.30. The Labute approximate surface area is 80.2 Å². The highest BCUT2D eigenvalue weighted by Gasteiger charge is 2.26. The van der Waals surface area contributed by atoms with E-state index in [1.54, 1.807) is 13.0 Å². The monoisotopic (exact) mass is 232 g/mol. The molecule has 0 radical (unpaired) electrons. The Bertz CT molecular complexity index is 164. The summed E-state index contributed by atoms with van der Waals surface area (Å²) in [6, 6.07) is -2.81. The fourth-order valence-electron chi connectivity index (χ4n) is 0.337. The Balaban J connectivity index is 3.63. The second-order valence-electron chi connectivity index (χ2n) is 1.72. The van der Waals surface area contributed by atoms with E-state index in [0.717, 1.165) is 0 Å². The van der Waals surface area contributed by atoms with E-state index in [2.05, 4.69) is 4.74 Å². The Morgan fingerprint density at radius 2 is 2.09 bits per heavy atom. The summed E-state index contributed by atoms with van der Waals surface area (Å²) in [4.78, 5) is 10.6. The van der Waals surface area contributed by atoms with Crippen molar-refractivity contribution < 1.29 is 9.53 Å². The number of hydrogen-bond donors (Lipinski definition) is 0. The van der Waals surface area contributed by atoms with Gasteiger partial charge in [0.15, 0.2) is 0 Å². The highest BCUT2D eigenvalue weighted by Crippen LogP contribution is 2.19. The van der Waals surface area contributed by atoms with Gasteiger partial charge in [-0.05, 0) is 6.92 Å². The molecule has 2 nitrogen and oxygen atoms in total. The van der Waals surface area contributed by atoms with E-state index in [9.17, 15) is 4.79 Å². The highest BCUT2D eigenvalue weighted by atomic mass is 35.8. The van der Waals surface area contributed by atoms with Crippen molar-refractivity contribution in [2.75, 3.05) is 6.23 Å². The zero-order valence-electron chi connectivity index (χ0n) is 5.81. The molecule has 0 amide bonds. The minimum atomic E-state index is -2.81. The summed E-state index contributed by atoms with van der Waals surface area (Å²) in [6.07, 6.45) is 2.73. The smallest absolute Gasteiger partial charge is 0.378 e. The fourth-order valence-corrected chi connectivity index (χ4v) is 1.13. The van der Waals surface area contributed by atoms with Gasteiger partial charge in [-0.3, -0.25) is 0 Å². The standard InChI is InChI=1S/C5H7Cl3O2Si/c1-2-3-5(9)10-4-11(6,7)8/h2-3H,4H2,1H3. The third kappa shape index (κ3) is 8.20. The van der Waals surface area contributed by atoms with Crippen LogP contribution in [0, 0.1) is 0 Å². The summed E-state index contributed by atoms with van der Waals surface area (Å²) in [5.74, 6) is -0.480. The third-order valence-electron chi connectivity index (χ3n) is 0.681. The van der Waals surface area contributed by atoms with Crippen LogP contribution in [0.15, 0.2) is 12.2 Å². The van der Waals surface area contributed by atoms with Crippen molar-refractivity contribution in [1.82, 2.24) is 0 Å². The van der Waals surface area contributed by atoms with Crippen LogP contribution in [-0.4, -0.2) is 18.2 Å². The van der Waals surface area contributed by atoms with Crippen molar-refractivity contribution in [2.24, 2.45) is 0 Å². The molecule has 0 spiro atoms. The van der Waals surface area contributed by atoms with Gasteiger partial charge in [0.05, 0.1) is 0 Å². The fraction of sp³-hybridized carbons (Fsp3) is 0.400. The first kappa shape index (κ1) is 11.3. The van der Waals surface area contributed by atoms with E-state index in [1.165, 1.54) is 6.08 Å². The van der Waals surface area contributed by atoms with Gasteiger partial charge >= 0.3 is 12.0 Å². The maximum atomic E-state index is 10.6. The average molecular weight is 234 g/mol. The normalized spacial score (nSPS) is 12.0. The van der Waals surface area contributed by atoms with Crippen LogP contribution >= 0.6 is 33.2 Å². The van der Waals surface area contributed by atoms with Crippen molar-refractivity contribution in [3.8, 4) is 0 Å². The lowest BCUT2D eigenvalue weighted by Crippen LogP contribution is -2.21. The van der Waals surface area contributed by atoms with Gasteiger partial charge in [-0.25, -0.2) is 4.79 Å². The summed E-state index contributed by atoms with van der Waals surface area (Å²) < 4.78 is 4.59. The number of carbonyl (C=O) groups excluding carboxylic acids is 1. The molecule has 0 aromatic carbocycles. The van der Waals surface area contributed by atoms with Crippen LogP contribution in [0.2, 0.25) is 0 Å². The Hall–Kier alpha value is 0.297. The number of halogens is 3. The molecule has 0 aromatic heterocycles. The molecule has 0 fully saturated rings. The second-order valence-corrected chi connectivity index (χ2v) is 10.8. The summed E-state index contributed by atoms with van der Waals surface area (Å²) >= 11 is 16.3. The first-order valence-electron chi connectivity index (χ1n) is 2.82. The minimum absolute atomic E-state index is 0.0964. The predicted molar refractivity (Wildman–Crippen MR) is 49.1 cm³/mol. The van der Waals surface area contributed by atoms with Crippen LogP contribution in [0.5, 0.6) is 0 Å². The molecule has 0 aliphatic rings. The number of hydrogen-bond acceptors (Lipinski definition) is 2. The van der Waals surface area contributed by atoms with Gasteiger partial charge in [-0.2, -0.15) is 0 Å². The topological polar surface area (TPSA) is 26.3 Å². The van der Waals surface area contributed by atoms with Crippen LogP contribution in [0.4, 0.5) is 0 Å². The van der Waals surface area contributed by atoms with Crippen LogP contribution in [0.25, 0.3) is 0 Å². The number of rotatable bonds is 3. The Kier molecular flexibility index (Phi) is 5.17. The average Bonchev–Trinajstić information content (AvgIpc) is 1.83. The lowest BCUT2D eigenvalue weighted by molar-refractivity contribution is -0.135. The lowest BCUT2D eigenvalue weighted by Gasteiger charge is -2.06. The zero-order valence-corrected chi connectivity index (χ0v) is 9.08. The van der Waals surface area contributed by atoms with E-state index in [0.29, 0.717) is 0 Å². The zero-order chi connectivity index (χ0) is 8.91. The van der Waals surface area contributed by atoms with Gasteiger partial charge in [0.25, 0.3) is 0 Å². The molecule has 0 saturated carbocycles. The second kappa shape index (κ2) is 5.03. The summed E-state index contributed by atoms with van der Waals surface area (Å²) in [5, 5.41) is 0. The molecular weight excluding hydrogens is 226 g/mol.